The standard InChI is InChI=1S/C13H11N3O5/c1-21-11-6-8(2-3-10(11)13(17)18)15-12-7-9(16(19)20)4-5-14-12/h2-7H,1H3,(H,14,15)(H,17,18). The van der Waals surface area contributed by atoms with Crippen molar-refractivity contribution in [2.24, 2.45) is 0 Å². The first-order valence-electron chi connectivity index (χ1n) is 5.80. The quantitative estimate of drug-likeness (QED) is 0.641. The van der Waals surface area contributed by atoms with Crippen LogP contribution >= 0.6 is 0 Å². The highest BCUT2D eigenvalue weighted by molar-refractivity contribution is 5.91. The van der Waals surface area contributed by atoms with Crippen molar-refractivity contribution in [1.29, 1.82) is 0 Å². The van der Waals surface area contributed by atoms with E-state index in [2.05, 4.69) is 10.3 Å². The number of anilines is 2. The zero-order valence-electron chi connectivity index (χ0n) is 10.9. The fraction of sp³-hybridized carbons (Fsp3) is 0.0769. The average Bonchev–Trinajstić information content (AvgIpc) is 2.47. The number of methoxy groups -OCH3 is 1. The van der Waals surface area contributed by atoms with Crippen LogP contribution in [0.25, 0.3) is 0 Å². The zero-order valence-corrected chi connectivity index (χ0v) is 10.9. The van der Waals surface area contributed by atoms with E-state index in [1.165, 1.54) is 43.6 Å². The van der Waals surface area contributed by atoms with Crippen molar-refractivity contribution >= 4 is 23.2 Å². The van der Waals surface area contributed by atoms with Gasteiger partial charge in [-0.15, -0.1) is 0 Å². The Morgan fingerprint density at radius 2 is 2.14 bits per heavy atom. The molecule has 8 heteroatoms. The third-order valence-electron chi connectivity index (χ3n) is 2.66. The second-order valence-corrected chi connectivity index (χ2v) is 4.00. The summed E-state index contributed by atoms with van der Waals surface area (Å²) in [5, 5.41) is 22.5. The summed E-state index contributed by atoms with van der Waals surface area (Å²) < 4.78 is 5.00. The van der Waals surface area contributed by atoms with Crippen LogP contribution in [-0.4, -0.2) is 28.1 Å². The number of ether oxygens (including phenoxy) is 1. The molecule has 108 valence electrons. The number of carbonyl (C=O) groups is 1. The molecule has 21 heavy (non-hydrogen) atoms. The van der Waals surface area contributed by atoms with E-state index < -0.39 is 10.9 Å². The Bertz CT molecular complexity index is 702. The summed E-state index contributed by atoms with van der Waals surface area (Å²) in [5.74, 6) is -0.654. The first-order valence-corrected chi connectivity index (χ1v) is 5.80. The van der Waals surface area contributed by atoms with E-state index in [4.69, 9.17) is 9.84 Å². The van der Waals surface area contributed by atoms with Gasteiger partial charge in [-0.3, -0.25) is 10.1 Å². The van der Waals surface area contributed by atoms with Crippen molar-refractivity contribution in [3.63, 3.8) is 0 Å². The Balaban J connectivity index is 2.29. The minimum Gasteiger partial charge on any atom is -0.496 e. The van der Waals surface area contributed by atoms with Crippen molar-refractivity contribution in [2.75, 3.05) is 12.4 Å². The second kappa shape index (κ2) is 5.87. The van der Waals surface area contributed by atoms with Gasteiger partial charge in [-0.1, -0.05) is 0 Å². The Morgan fingerprint density at radius 3 is 2.76 bits per heavy atom. The molecule has 2 rings (SSSR count). The maximum atomic E-state index is 11.0. The molecule has 1 aromatic carbocycles. The predicted octanol–water partition coefficient (Wildman–Crippen LogP) is 2.44. The SMILES string of the molecule is COc1cc(Nc2cc([N+](=O)[O-])ccn2)ccc1C(=O)O. The van der Waals surface area contributed by atoms with Crippen LogP contribution in [0.1, 0.15) is 10.4 Å². The lowest BCUT2D eigenvalue weighted by atomic mass is 10.2. The fourth-order valence-corrected chi connectivity index (χ4v) is 1.69. The minimum atomic E-state index is -1.10. The number of benzene rings is 1. The molecule has 0 unspecified atom stereocenters. The molecule has 0 fully saturated rings. The number of nitrogens with zero attached hydrogens (tertiary/aromatic N) is 2. The molecule has 0 spiro atoms. The van der Waals surface area contributed by atoms with Gasteiger partial charge in [0, 0.05) is 24.0 Å². The Morgan fingerprint density at radius 1 is 1.38 bits per heavy atom. The maximum absolute atomic E-state index is 11.0. The molecule has 0 aliphatic carbocycles. The van der Waals surface area contributed by atoms with Crippen LogP contribution in [0.15, 0.2) is 36.5 Å². The molecule has 0 radical (unpaired) electrons. The number of hydrogen-bond acceptors (Lipinski definition) is 6. The number of nitrogens with one attached hydrogen (secondary N) is 1. The number of pyridine rings is 1. The smallest absolute Gasteiger partial charge is 0.339 e. The molecule has 0 bridgehead atoms. The predicted molar refractivity (Wildman–Crippen MR) is 74.1 cm³/mol. The van der Waals surface area contributed by atoms with Crippen LogP contribution < -0.4 is 10.1 Å². The number of rotatable bonds is 5. The summed E-state index contributed by atoms with van der Waals surface area (Å²) in [6, 6.07) is 6.92. The molecule has 0 saturated carbocycles. The van der Waals surface area contributed by atoms with Crippen molar-refractivity contribution < 1.29 is 19.6 Å². The van der Waals surface area contributed by atoms with Gasteiger partial charge in [0.25, 0.3) is 5.69 Å². The summed E-state index contributed by atoms with van der Waals surface area (Å²) in [7, 11) is 1.36. The van der Waals surface area contributed by atoms with Gasteiger partial charge < -0.3 is 15.2 Å². The Kier molecular flexibility index (Phi) is 3.98. The Hall–Kier alpha value is -3.16. The lowest BCUT2D eigenvalue weighted by molar-refractivity contribution is -0.384. The fourth-order valence-electron chi connectivity index (χ4n) is 1.69. The number of aromatic carboxylic acids is 1. The zero-order chi connectivity index (χ0) is 15.4. The van der Waals surface area contributed by atoms with Gasteiger partial charge >= 0.3 is 5.97 Å². The summed E-state index contributed by atoms with van der Waals surface area (Å²) in [6.07, 6.45) is 1.31. The Labute approximate surface area is 119 Å². The summed E-state index contributed by atoms with van der Waals surface area (Å²) >= 11 is 0. The molecule has 2 N–H and O–H groups in total. The van der Waals surface area contributed by atoms with Gasteiger partial charge in [-0.05, 0) is 12.1 Å². The summed E-state index contributed by atoms with van der Waals surface area (Å²) in [6.45, 7) is 0. The van der Waals surface area contributed by atoms with E-state index in [0.29, 0.717) is 5.69 Å². The summed E-state index contributed by atoms with van der Waals surface area (Å²) in [5.41, 5.74) is 0.432. The van der Waals surface area contributed by atoms with E-state index in [0.717, 1.165) is 0 Å². The van der Waals surface area contributed by atoms with Crippen LogP contribution in [0.3, 0.4) is 0 Å². The van der Waals surface area contributed by atoms with Crippen molar-refractivity contribution in [2.45, 2.75) is 0 Å². The largest absolute Gasteiger partial charge is 0.496 e. The molecular weight excluding hydrogens is 278 g/mol. The molecular formula is C13H11N3O5. The highest BCUT2D eigenvalue weighted by Gasteiger charge is 2.12. The van der Waals surface area contributed by atoms with Gasteiger partial charge in [0.2, 0.25) is 0 Å². The lowest BCUT2D eigenvalue weighted by Gasteiger charge is -2.09. The van der Waals surface area contributed by atoms with Gasteiger partial charge in [-0.2, -0.15) is 0 Å². The first-order chi connectivity index (χ1) is 10.0. The highest BCUT2D eigenvalue weighted by atomic mass is 16.6. The van der Waals surface area contributed by atoms with E-state index >= 15 is 0 Å². The second-order valence-electron chi connectivity index (χ2n) is 4.00. The lowest BCUT2D eigenvalue weighted by Crippen LogP contribution is -2.02. The number of carboxylic acids is 1. The third kappa shape index (κ3) is 3.24. The number of hydrogen-bond donors (Lipinski definition) is 2. The molecule has 0 amide bonds. The van der Waals surface area contributed by atoms with Crippen LogP contribution in [-0.2, 0) is 0 Å². The monoisotopic (exact) mass is 289 g/mol. The number of carboxylic acid groups (broad SMARTS) is 1. The normalized spacial score (nSPS) is 9.95. The van der Waals surface area contributed by atoms with Crippen LogP contribution in [0.4, 0.5) is 17.2 Å². The number of nitro groups is 1. The maximum Gasteiger partial charge on any atom is 0.339 e. The topological polar surface area (TPSA) is 115 Å². The average molecular weight is 289 g/mol. The van der Waals surface area contributed by atoms with Gasteiger partial charge in [0.05, 0.1) is 18.1 Å². The van der Waals surface area contributed by atoms with Gasteiger partial charge in [0.15, 0.2) is 0 Å². The van der Waals surface area contributed by atoms with Gasteiger partial charge in [-0.25, -0.2) is 9.78 Å². The van der Waals surface area contributed by atoms with Gasteiger partial charge in [0.1, 0.15) is 17.1 Å². The number of aromatic nitrogens is 1. The van der Waals surface area contributed by atoms with Crippen molar-refractivity contribution in [3.05, 3.63) is 52.2 Å². The van der Waals surface area contributed by atoms with E-state index in [1.54, 1.807) is 0 Å². The molecule has 0 aliphatic heterocycles. The molecule has 0 saturated heterocycles. The van der Waals surface area contributed by atoms with Crippen molar-refractivity contribution in [3.8, 4) is 5.75 Å². The molecule has 8 nitrogen and oxygen atoms in total. The van der Waals surface area contributed by atoms with Crippen LogP contribution in [0.5, 0.6) is 5.75 Å². The minimum absolute atomic E-state index is 0.0232. The van der Waals surface area contributed by atoms with Crippen molar-refractivity contribution in [1.82, 2.24) is 4.98 Å². The molecule has 0 aliphatic rings. The van der Waals surface area contributed by atoms with Crippen LogP contribution in [0.2, 0.25) is 0 Å². The summed E-state index contributed by atoms with van der Waals surface area (Å²) in [4.78, 5) is 25.1. The van der Waals surface area contributed by atoms with Crippen LogP contribution in [0, 0.1) is 10.1 Å². The van der Waals surface area contributed by atoms with E-state index in [1.807, 2.05) is 0 Å². The molecule has 1 heterocycles. The molecule has 0 atom stereocenters. The van der Waals surface area contributed by atoms with E-state index in [-0.39, 0.29) is 22.8 Å². The highest BCUT2D eigenvalue weighted by Crippen LogP contribution is 2.26. The third-order valence-corrected chi connectivity index (χ3v) is 2.66. The van der Waals surface area contributed by atoms with E-state index in [9.17, 15) is 14.9 Å². The molecule has 1 aromatic heterocycles. The first kappa shape index (κ1) is 14.3. The molecule has 2 aromatic rings.